The number of piperazine rings is 1. The molecule has 2 aromatic carbocycles. The number of nitrogens with zero attached hydrogens (tertiary/aromatic N) is 4. The number of carbonyl (C=O) groups is 1. The maximum absolute atomic E-state index is 13.7. The highest BCUT2D eigenvalue weighted by Gasteiger charge is 2.41. The molecule has 2 saturated heterocycles. The van der Waals surface area contributed by atoms with Gasteiger partial charge in [-0.25, -0.2) is 17.8 Å². The molecule has 7 nitrogen and oxygen atoms in total. The Morgan fingerprint density at radius 3 is 2.70 bits per heavy atom. The summed E-state index contributed by atoms with van der Waals surface area (Å²) in [6.45, 7) is 0.970. The number of sulfone groups is 1. The Morgan fingerprint density at radius 2 is 1.97 bits per heavy atom. The number of nitriles is 1. The van der Waals surface area contributed by atoms with Crippen molar-refractivity contribution < 1.29 is 17.6 Å². The Morgan fingerprint density at radius 1 is 1.21 bits per heavy atom. The van der Waals surface area contributed by atoms with Crippen molar-refractivity contribution in [3.8, 4) is 6.07 Å². The number of hydrogen-bond acceptors (Lipinski definition) is 7. The number of hydrogen-bond donors (Lipinski definition) is 0. The molecule has 10 heteroatoms. The summed E-state index contributed by atoms with van der Waals surface area (Å²) in [6.07, 6.45) is 1.70. The van der Waals surface area contributed by atoms with Crippen molar-refractivity contribution in [1.82, 2.24) is 9.88 Å². The monoisotopic (exact) mass is 484 g/mol. The van der Waals surface area contributed by atoms with Gasteiger partial charge < -0.3 is 9.80 Å². The molecular formula is C23H21FN4O3S2. The number of carbonyl (C=O) groups excluding carboxylic acids is 1. The number of rotatable bonds is 5. The largest absolute Gasteiger partial charge is 0.362 e. The Balaban J connectivity index is 1.27. The molecule has 0 aliphatic carbocycles. The zero-order valence-electron chi connectivity index (χ0n) is 17.6. The van der Waals surface area contributed by atoms with Gasteiger partial charge in [0.2, 0.25) is 5.91 Å². The molecule has 2 fully saturated rings. The fourth-order valence-electron chi connectivity index (χ4n) is 4.88. The van der Waals surface area contributed by atoms with Crippen LogP contribution in [-0.4, -0.2) is 55.1 Å². The minimum atomic E-state index is -3.62. The Hall–Kier alpha value is -3.03. The van der Waals surface area contributed by atoms with E-state index in [1.54, 1.807) is 40.7 Å². The summed E-state index contributed by atoms with van der Waals surface area (Å²) < 4.78 is 40.2. The van der Waals surface area contributed by atoms with Gasteiger partial charge in [-0.05, 0) is 43.2 Å². The second-order valence-electron chi connectivity index (χ2n) is 8.39. The van der Waals surface area contributed by atoms with Gasteiger partial charge in [-0.2, -0.15) is 5.26 Å². The van der Waals surface area contributed by atoms with Crippen molar-refractivity contribution in [3.63, 3.8) is 0 Å². The molecule has 2 unspecified atom stereocenters. The van der Waals surface area contributed by atoms with Gasteiger partial charge in [-0.1, -0.05) is 6.07 Å². The first-order valence-corrected chi connectivity index (χ1v) is 13.2. The molecule has 170 valence electrons. The van der Waals surface area contributed by atoms with E-state index in [0.717, 1.165) is 18.5 Å². The van der Waals surface area contributed by atoms with Crippen molar-refractivity contribution in [1.29, 1.82) is 5.26 Å². The summed E-state index contributed by atoms with van der Waals surface area (Å²) in [7, 11) is -3.62. The summed E-state index contributed by atoms with van der Waals surface area (Å²) in [6, 6.07) is 11.5. The molecule has 0 saturated carbocycles. The maximum Gasteiger partial charge on any atom is 0.223 e. The summed E-state index contributed by atoms with van der Waals surface area (Å²) in [5.74, 6) is -0.969. The summed E-state index contributed by atoms with van der Waals surface area (Å²) in [4.78, 5) is 21.3. The molecule has 1 aromatic heterocycles. The van der Waals surface area contributed by atoms with Gasteiger partial charge in [0.1, 0.15) is 11.9 Å². The highest BCUT2D eigenvalue weighted by atomic mass is 32.2. The third-order valence-corrected chi connectivity index (χ3v) is 9.20. The Labute approximate surface area is 195 Å². The number of thiazole rings is 1. The number of aromatic nitrogens is 1. The van der Waals surface area contributed by atoms with Crippen LogP contribution in [0.5, 0.6) is 0 Å². The van der Waals surface area contributed by atoms with Gasteiger partial charge in [0, 0.05) is 37.3 Å². The fourth-order valence-corrected chi connectivity index (χ4v) is 7.44. The zero-order chi connectivity index (χ0) is 23.2. The normalized spacial score (nSPS) is 20.2. The van der Waals surface area contributed by atoms with Gasteiger partial charge in [-0.3, -0.25) is 4.79 Å². The average molecular weight is 485 g/mol. The number of anilines is 1. The van der Waals surface area contributed by atoms with Crippen molar-refractivity contribution in [3.05, 3.63) is 53.3 Å². The lowest BCUT2D eigenvalue weighted by Gasteiger charge is -2.42. The van der Waals surface area contributed by atoms with Crippen LogP contribution >= 0.6 is 11.3 Å². The number of likely N-dealkylation sites (tertiary alicyclic amines) is 1. The van der Waals surface area contributed by atoms with Crippen LogP contribution in [0.3, 0.4) is 0 Å². The molecule has 5 rings (SSSR count). The van der Waals surface area contributed by atoms with E-state index in [9.17, 15) is 17.6 Å². The van der Waals surface area contributed by atoms with E-state index in [0.29, 0.717) is 23.3 Å². The van der Waals surface area contributed by atoms with Crippen LogP contribution < -0.4 is 4.90 Å². The molecule has 3 aromatic rings. The van der Waals surface area contributed by atoms with Gasteiger partial charge in [0.05, 0.1) is 31.9 Å². The quantitative estimate of drug-likeness (QED) is 0.551. The predicted octanol–water partition coefficient (Wildman–Crippen LogP) is 3.35. The molecule has 0 spiro atoms. The van der Waals surface area contributed by atoms with Crippen LogP contribution in [0.1, 0.15) is 24.8 Å². The van der Waals surface area contributed by atoms with Gasteiger partial charge >= 0.3 is 0 Å². The van der Waals surface area contributed by atoms with E-state index in [1.165, 1.54) is 17.4 Å². The molecule has 3 heterocycles. The van der Waals surface area contributed by atoms with E-state index < -0.39 is 15.7 Å². The number of amides is 1. The molecule has 2 aliphatic rings. The number of fused-ring (bicyclic) bond motifs is 3. The van der Waals surface area contributed by atoms with Crippen LogP contribution in [0.4, 0.5) is 10.1 Å². The van der Waals surface area contributed by atoms with Crippen molar-refractivity contribution in [2.24, 2.45) is 0 Å². The molecule has 33 heavy (non-hydrogen) atoms. The van der Waals surface area contributed by atoms with Crippen LogP contribution in [0.15, 0.2) is 46.8 Å². The molecule has 0 radical (unpaired) electrons. The SMILES string of the molecule is N#Cc1cc(N2C3CCC2CN(C(=O)CCS(=O)(=O)c2cccc4ncsc24)C3)ccc1F. The highest BCUT2D eigenvalue weighted by molar-refractivity contribution is 7.91. The van der Waals surface area contributed by atoms with Gasteiger partial charge in [0.25, 0.3) is 0 Å². The number of halogens is 1. The highest BCUT2D eigenvalue weighted by Crippen LogP contribution is 2.36. The maximum atomic E-state index is 13.7. The fraction of sp³-hybridized carbons (Fsp3) is 0.348. The Kier molecular flexibility index (Phi) is 5.54. The van der Waals surface area contributed by atoms with Crippen LogP contribution in [0, 0.1) is 17.1 Å². The lowest BCUT2D eigenvalue weighted by molar-refractivity contribution is -0.131. The number of benzene rings is 2. The first-order valence-electron chi connectivity index (χ1n) is 10.7. The summed E-state index contributed by atoms with van der Waals surface area (Å²) in [5.41, 5.74) is 3.05. The summed E-state index contributed by atoms with van der Waals surface area (Å²) >= 11 is 1.28. The third kappa shape index (κ3) is 3.96. The predicted molar refractivity (Wildman–Crippen MR) is 123 cm³/mol. The second-order valence-corrected chi connectivity index (χ2v) is 11.3. The standard InChI is InChI=1S/C23H21FN4O3S2/c24-19-7-6-16(10-15(19)11-25)28-17-4-5-18(28)13-27(12-17)22(29)8-9-33(30,31)21-3-1-2-20-23(21)32-14-26-20/h1-3,6-7,10,14,17-18H,4-5,8-9,12-13H2. The topological polar surface area (TPSA) is 94.4 Å². The van der Waals surface area contributed by atoms with E-state index in [4.69, 9.17) is 5.26 Å². The Bertz CT molecular complexity index is 1370. The molecule has 2 atom stereocenters. The lowest BCUT2D eigenvalue weighted by atomic mass is 10.1. The van der Waals surface area contributed by atoms with Gasteiger partial charge in [-0.15, -0.1) is 11.3 Å². The minimum absolute atomic E-state index is 0.00609. The average Bonchev–Trinajstić information content (AvgIpc) is 3.39. The second kappa shape index (κ2) is 8.39. The lowest BCUT2D eigenvalue weighted by Crippen LogP contribution is -2.55. The minimum Gasteiger partial charge on any atom is -0.362 e. The van der Waals surface area contributed by atoms with Crippen molar-refractivity contribution in [2.75, 3.05) is 23.7 Å². The van der Waals surface area contributed by atoms with Crippen LogP contribution in [0.2, 0.25) is 0 Å². The molecule has 2 bridgehead atoms. The molecule has 0 N–H and O–H groups in total. The first kappa shape index (κ1) is 21.8. The third-order valence-electron chi connectivity index (χ3n) is 6.44. The summed E-state index contributed by atoms with van der Waals surface area (Å²) in [5, 5.41) is 9.14. The smallest absolute Gasteiger partial charge is 0.223 e. The van der Waals surface area contributed by atoms with Crippen LogP contribution in [-0.2, 0) is 14.6 Å². The molecular weight excluding hydrogens is 463 g/mol. The molecule has 2 aliphatic heterocycles. The van der Waals surface area contributed by atoms with E-state index >= 15 is 0 Å². The molecule has 1 amide bonds. The van der Waals surface area contributed by atoms with Crippen molar-refractivity contribution in [2.45, 2.75) is 36.2 Å². The zero-order valence-corrected chi connectivity index (χ0v) is 19.3. The van der Waals surface area contributed by atoms with E-state index in [2.05, 4.69) is 9.88 Å². The first-order chi connectivity index (χ1) is 15.9. The van der Waals surface area contributed by atoms with Gasteiger partial charge in [0.15, 0.2) is 9.84 Å². The van der Waals surface area contributed by atoms with Crippen molar-refractivity contribution >= 4 is 43.0 Å². The van der Waals surface area contributed by atoms with E-state index in [-0.39, 0.29) is 40.6 Å². The van der Waals surface area contributed by atoms with E-state index in [1.807, 2.05) is 6.07 Å². The van der Waals surface area contributed by atoms with Crippen LogP contribution in [0.25, 0.3) is 10.2 Å².